The summed E-state index contributed by atoms with van der Waals surface area (Å²) in [7, 11) is 0. The highest BCUT2D eigenvalue weighted by atomic mass is 16.5. The Kier molecular flexibility index (Phi) is 3.49. The van der Waals surface area contributed by atoms with Gasteiger partial charge in [-0.25, -0.2) is 0 Å². The van der Waals surface area contributed by atoms with Crippen LogP contribution in [0.15, 0.2) is 30.3 Å². The van der Waals surface area contributed by atoms with E-state index in [2.05, 4.69) is 18.1 Å². The van der Waals surface area contributed by atoms with Crippen LogP contribution in [0.25, 0.3) is 0 Å². The highest BCUT2D eigenvalue weighted by molar-refractivity contribution is 5.33. The van der Waals surface area contributed by atoms with Crippen molar-refractivity contribution in [2.45, 2.75) is 45.4 Å². The average Bonchev–Trinajstić information content (AvgIpc) is 3.19. The van der Waals surface area contributed by atoms with E-state index in [0.29, 0.717) is 6.10 Å². The van der Waals surface area contributed by atoms with E-state index in [1.165, 1.54) is 12.8 Å². The van der Waals surface area contributed by atoms with E-state index < -0.39 is 0 Å². The standard InChI is InChI=1S/C16H21N3O/c1-3-19-15(10-11(2)18-19)16(17)12-4-6-13(7-5-12)20-14-8-9-14/h4-7,10,14,16H,3,8-9,17H2,1-2H3. The maximum Gasteiger partial charge on any atom is 0.119 e. The lowest BCUT2D eigenvalue weighted by Crippen LogP contribution is -2.17. The molecule has 4 nitrogen and oxygen atoms in total. The minimum Gasteiger partial charge on any atom is -0.490 e. The van der Waals surface area contributed by atoms with E-state index in [1.54, 1.807) is 0 Å². The van der Waals surface area contributed by atoms with Gasteiger partial charge >= 0.3 is 0 Å². The number of ether oxygens (including phenoxy) is 1. The van der Waals surface area contributed by atoms with Gasteiger partial charge in [-0.15, -0.1) is 0 Å². The minimum absolute atomic E-state index is 0.147. The van der Waals surface area contributed by atoms with Crippen LogP contribution in [0.4, 0.5) is 0 Å². The van der Waals surface area contributed by atoms with Crippen LogP contribution < -0.4 is 10.5 Å². The summed E-state index contributed by atoms with van der Waals surface area (Å²) in [6, 6.07) is 10.0. The first kappa shape index (κ1) is 13.2. The third-order valence-corrected chi connectivity index (χ3v) is 3.62. The summed E-state index contributed by atoms with van der Waals surface area (Å²) in [6.07, 6.45) is 2.78. The Hall–Kier alpha value is -1.81. The summed E-state index contributed by atoms with van der Waals surface area (Å²) in [5.41, 5.74) is 9.52. The number of nitrogens with two attached hydrogens (primary N) is 1. The number of hydrogen-bond acceptors (Lipinski definition) is 3. The normalized spacial score (nSPS) is 16.1. The van der Waals surface area contributed by atoms with Crippen LogP contribution >= 0.6 is 0 Å². The Morgan fingerprint density at radius 3 is 2.65 bits per heavy atom. The van der Waals surface area contributed by atoms with E-state index in [9.17, 15) is 0 Å². The van der Waals surface area contributed by atoms with Gasteiger partial charge < -0.3 is 10.5 Å². The summed E-state index contributed by atoms with van der Waals surface area (Å²) in [6.45, 7) is 4.91. The largest absolute Gasteiger partial charge is 0.490 e. The number of nitrogens with zero attached hydrogens (tertiary/aromatic N) is 2. The second-order valence-corrected chi connectivity index (χ2v) is 5.39. The summed E-state index contributed by atoms with van der Waals surface area (Å²) in [4.78, 5) is 0. The molecule has 0 saturated heterocycles. The number of rotatable bonds is 5. The van der Waals surface area contributed by atoms with Gasteiger partial charge in [-0.1, -0.05) is 12.1 Å². The van der Waals surface area contributed by atoms with E-state index >= 15 is 0 Å². The molecule has 0 aliphatic heterocycles. The van der Waals surface area contributed by atoms with Crippen molar-refractivity contribution in [1.29, 1.82) is 0 Å². The van der Waals surface area contributed by atoms with Crippen molar-refractivity contribution in [3.05, 3.63) is 47.3 Å². The van der Waals surface area contributed by atoms with Crippen molar-refractivity contribution < 1.29 is 4.74 Å². The summed E-state index contributed by atoms with van der Waals surface area (Å²) in [5, 5.41) is 4.45. The molecule has 2 N–H and O–H groups in total. The van der Waals surface area contributed by atoms with Crippen LogP contribution in [0.2, 0.25) is 0 Å². The molecule has 1 aromatic carbocycles. The predicted octanol–water partition coefficient (Wildman–Crippen LogP) is 2.80. The second-order valence-electron chi connectivity index (χ2n) is 5.39. The van der Waals surface area contributed by atoms with E-state index in [4.69, 9.17) is 10.5 Å². The molecule has 0 spiro atoms. The van der Waals surface area contributed by atoms with Gasteiger partial charge in [0, 0.05) is 6.54 Å². The zero-order chi connectivity index (χ0) is 14.1. The fourth-order valence-corrected chi connectivity index (χ4v) is 2.37. The quantitative estimate of drug-likeness (QED) is 0.909. The van der Waals surface area contributed by atoms with E-state index in [-0.39, 0.29) is 6.04 Å². The molecule has 1 aliphatic rings. The molecule has 1 aromatic heterocycles. The highest BCUT2D eigenvalue weighted by Gasteiger charge is 2.23. The lowest BCUT2D eigenvalue weighted by molar-refractivity contribution is 0.303. The molecule has 0 radical (unpaired) electrons. The van der Waals surface area contributed by atoms with Crippen molar-refractivity contribution in [2.75, 3.05) is 0 Å². The smallest absolute Gasteiger partial charge is 0.119 e. The molecule has 2 aromatic rings. The van der Waals surface area contributed by atoms with Crippen LogP contribution in [0.5, 0.6) is 5.75 Å². The minimum atomic E-state index is -0.147. The van der Waals surface area contributed by atoms with Crippen LogP contribution in [-0.2, 0) is 6.54 Å². The Morgan fingerprint density at radius 1 is 1.35 bits per heavy atom. The number of benzene rings is 1. The SMILES string of the molecule is CCn1nc(C)cc1C(N)c1ccc(OC2CC2)cc1. The zero-order valence-electron chi connectivity index (χ0n) is 12.0. The fraction of sp³-hybridized carbons (Fsp3) is 0.438. The van der Waals surface area contributed by atoms with E-state index in [0.717, 1.165) is 29.2 Å². The topological polar surface area (TPSA) is 53.1 Å². The van der Waals surface area contributed by atoms with Crippen molar-refractivity contribution in [3.8, 4) is 5.75 Å². The molecule has 106 valence electrons. The average molecular weight is 271 g/mol. The lowest BCUT2D eigenvalue weighted by Gasteiger charge is -2.14. The van der Waals surface area contributed by atoms with Crippen molar-refractivity contribution >= 4 is 0 Å². The Balaban J connectivity index is 1.79. The second kappa shape index (κ2) is 5.29. The Morgan fingerprint density at radius 2 is 2.05 bits per heavy atom. The monoisotopic (exact) mass is 271 g/mol. The van der Waals surface area contributed by atoms with Gasteiger partial charge in [-0.2, -0.15) is 5.10 Å². The third-order valence-electron chi connectivity index (χ3n) is 3.62. The maximum absolute atomic E-state index is 6.37. The summed E-state index contributed by atoms with van der Waals surface area (Å²) in [5.74, 6) is 0.934. The van der Waals surface area contributed by atoms with Gasteiger partial charge in [0.15, 0.2) is 0 Å². The first-order valence-electron chi connectivity index (χ1n) is 7.24. The van der Waals surface area contributed by atoms with Gasteiger partial charge in [-0.3, -0.25) is 4.68 Å². The number of aromatic nitrogens is 2. The Bertz CT molecular complexity index is 584. The molecule has 4 heteroatoms. The Labute approximate surface area is 119 Å². The molecule has 1 unspecified atom stereocenters. The first-order valence-corrected chi connectivity index (χ1v) is 7.24. The van der Waals surface area contributed by atoms with Crippen molar-refractivity contribution in [2.24, 2.45) is 5.73 Å². The number of hydrogen-bond donors (Lipinski definition) is 1. The third kappa shape index (κ3) is 2.70. The molecule has 3 rings (SSSR count). The fourth-order valence-electron chi connectivity index (χ4n) is 2.37. The zero-order valence-corrected chi connectivity index (χ0v) is 12.0. The van der Waals surface area contributed by atoms with Crippen LogP contribution in [-0.4, -0.2) is 15.9 Å². The summed E-state index contributed by atoms with van der Waals surface area (Å²) < 4.78 is 7.72. The van der Waals surface area contributed by atoms with Crippen molar-refractivity contribution in [3.63, 3.8) is 0 Å². The maximum atomic E-state index is 6.37. The first-order chi connectivity index (χ1) is 9.67. The van der Waals surface area contributed by atoms with Crippen LogP contribution in [0, 0.1) is 6.92 Å². The highest BCUT2D eigenvalue weighted by Crippen LogP contribution is 2.28. The molecule has 0 bridgehead atoms. The molecule has 1 atom stereocenters. The van der Waals surface area contributed by atoms with Crippen LogP contribution in [0.1, 0.15) is 42.8 Å². The van der Waals surface area contributed by atoms with Gasteiger partial charge in [0.1, 0.15) is 5.75 Å². The molecule has 1 saturated carbocycles. The molecular weight excluding hydrogens is 250 g/mol. The summed E-state index contributed by atoms with van der Waals surface area (Å²) >= 11 is 0. The number of aryl methyl sites for hydroxylation is 2. The van der Waals surface area contributed by atoms with Gasteiger partial charge in [0.05, 0.1) is 23.5 Å². The molecular formula is C16H21N3O. The van der Waals surface area contributed by atoms with E-state index in [1.807, 2.05) is 35.9 Å². The molecule has 1 aliphatic carbocycles. The van der Waals surface area contributed by atoms with Gasteiger partial charge in [-0.05, 0) is 50.5 Å². The van der Waals surface area contributed by atoms with Gasteiger partial charge in [0.25, 0.3) is 0 Å². The predicted molar refractivity (Wildman–Crippen MR) is 78.8 cm³/mol. The van der Waals surface area contributed by atoms with Crippen LogP contribution in [0.3, 0.4) is 0 Å². The molecule has 1 fully saturated rings. The molecule has 1 heterocycles. The van der Waals surface area contributed by atoms with Gasteiger partial charge in [0.2, 0.25) is 0 Å². The molecule has 20 heavy (non-hydrogen) atoms. The molecule has 0 amide bonds. The lowest BCUT2D eigenvalue weighted by atomic mass is 10.0. The van der Waals surface area contributed by atoms with Crippen molar-refractivity contribution in [1.82, 2.24) is 9.78 Å².